The van der Waals surface area contributed by atoms with Gasteiger partial charge in [-0.3, -0.25) is 4.79 Å². The molecule has 5 heteroatoms. The average molecular weight is 380 g/mol. The minimum Gasteiger partial charge on any atom is -0.462 e. The minimum atomic E-state index is -0.371. The monoisotopic (exact) mass is 380 g/mol. The van der Waals surface area contributed by atoms with Crippen molar-refractivity contribution in [3.63, 3.8) is 0 Å². The molecule has 1 aliphatic rings. The summed E-state index contributed by atoms with van der Waals surface area (Å²) in [6.45, 7) is 7.83. The fourth-order valence-corrected chi connectivity index (χ4v) is 3.49. The lowest BCUT2D eigenvalue weighted by Gasteiger charge is -2.33. The molecule has 0 saturated carbocycles. The van der Waals surface area contributed by atoms with Crippen molar-refractivity contribution in [3.05, 3.63) is 59.2 Å². The number of rotatable bonds is 5. The van der Waals surface area contributed by atoms with E-state index >= 15 is 0 Å². The first-order valence-corrected chi connectivity index (χ1v) is 9.88. The van der Waals surface area contributed by atoms with Gasteiger partial charge in [-0.25, -0.2) is 4.79 Å². The topological polar surface area (TPSA) is 58.6 Å². The summed E-state index contributed by atoms with van der Waals surface area (Å²) in [4.78, 5) is 27.0. The van der Waals surface area contributed by atoms with Crippen molar-refractivity contribution in [1.29, 1.82) is 0 Å². The van der Waals surface area contributed by atoms with Crippen molar-refractivity contribution >= 4 is 23.3 Å². The molecule has 0 spiro atoms. The van der Waals surface area contributed by atoms with Gasteiger partial charge < -0.3 is 15.0 Å². The van der Waals surface area contributed by atoms with Gasteiger partial charge in [-0.05, 0) is 63.4 Å². The number of piperidine rings is 1. The number of carbonyl (C=O) groups is 2. The van der Waals surface area contributed by atoms with Crippen LogP contribution < -0.4 is 10.2 Å². The first-order chi connectivity index (χ1) is 13.5. The SMILES string of the molecule is CCOC(=O)c1ccc(C)c(NC(=O)C2CCN(c3ccc(C)cc3)CC2)c1. The molecule has 3 rings (SSSR count). The Morgan fingerprint density at radius 3 is 2.39 bits per heavy atom. The van der Waals surface area contributed by atoms with Crippen molar-refractivity contribution in [2.75, 3.05) is 29.9 Å². The molecule has 1 saturated heterocycles. The Morgan fingerprint density at radius 1 is 1.07 bits per heavy atom. The van der Waals surface area contributed by atoms with Gasteiger partial charge in [-0.15, -0.1) is 0 Å². The summed E-state index contributed by atoms with van der Waals surface area (Å²) in [5, 5.41) is 3.01. The maximum Gasteiger partial charge on any atom is 0.338 e. The van der Waals surface area contributed by atoms with E-state index in [1.807, 2.05) is 13.0 Å². The second kappa shape index (κ2) is 8.91. The van der Waals surface area contributed by atoms with Gasteiger partial charge in [0.2, 0.25) is 5.91 Å². The summed E-state index contributed by atoms with van der Waals surface area (Å²) >= 11 is 0. The number of hydrogen-bond acceptors (Lipinski definition) is 4. The highest BCUT2D eigenvalue weighted by Crippen LogP contribution is 2.26. The Balaban J connectivity index is 1.60. The number of nitrogens with zero attached hydrogens (tertiary/aromatic N) is 1. The third-order valence-electron chi connectivity index (χ3n) is 5.27. The van der Waals surface area contributed by atoms with Crippen LogP contribution in [0.3, 0.4) is 0 Å². The van der Waals surface area contributed by atoms with Gasteiger partial charge in [-0.2, -0.15) is 0 Å². The van der Waals surface area contributed by atoms with Crippen molar-refractivity contribution in [1.82, 2.24) is 0 Å². The van der Waals surface area contributed by atoms with E-state index in [1.54, 1.807) is 19.1 Å². The van der Waals surface area contributed by atoms with Crippen molar-refractivity contribution < 1.29 is 14.3 Å². The molecule has 1 fully saturated rings. The van der Waals surface area contributed by atoms with E-state index in [9.17, 15) is 9.59 Å². The molecule has 5 nitrogen and oxygen atoms in total. The molecule has 0 bridgehead atoms. The van der Waals surface area contributed by atoms with Gasteiger partial charge in [0.25, 0.3) is 0 Å². The molecular weight excluding hydrogens is 352 g/mol. The van der Waals surface area contributed by atoms with Crippen LogP contribution in [0.4, 0.5) is 11.4 Å². The largest absolute Gasteiger partial charge is 0.462 e. The lowest BCUT2D eigenvalue weighted by Crippen LogP contribution is -2.38. The minimum absolute atomic E-state index is 0.0210. The standard InChI is InChI=1S/C23H28N2O3/c1-4-28-23(27)19-8-7-17(3)21(15-19)24-22(26)18-11-13-25(14-12-18)20-9-5-16(2)6-10-20/h5-10,15,18H,4,11-14H2,1-3H3,(H,24,26). The van der Waals surface area contributed by atoms with Crippen LogP contribution in [0.2, 0.25) is 0 Å². The smallest absolute Gasteiger partial charge is 0.338 e. The highest BCUT2D eigenvalue weighted by atomic mass is 16.5. The van der Waals surface area contributed by atoms with Crippen molar-refractivity contribution in [2.24, 2.45) is 5.92 Å². The van der Waals surface area contributed by atoms with Gasteiger partial charge in [0, 0.05) is 30.4 Å². The second-order valence-corrected chi connectivity index (χ2v) is 7.34. The molecule has 1 amide bonds. The molecule has 0 aliphatic carbocycles. The molecule has 1 heterocycles. The van der Waals surface area contributed by atoms with E-state index in [4.69, 9.17) is 4.74 Å². The number of ether oxygens (including phenoxy) is 1. The average Bonchev–Trinajstić information content (AvgIpc) is 2.70. The molecule has 0 radical (unpaired) electrons. The first-order valence-electron chi connectivity index (χ1n) is 9.88. The van der Waals surface area contributed by atoms with Gasteiger partial charge >= 0.3 is 5.97 Å². The molecule has 2 aromatic rings. The van der Waals surface area contributed by atoms with Gasteiger partial charge in [0.1, 0.15) is 0 Å². The number of hydrogen-bond donors (Lipinski definition) is 1. The van der Waals surface area contributed by atoms with Crippen LogP contribution in [-0.2, 0) is 9.53 Å². The summed E-state index contributed by atoms with van der Waals surface area (Å²) in [5.74, 6) is -0.371. The molecule has 2 aromatic carbocycles. The summed E-state index contributed by atoms with van der Waals surface area (Å²) in [6.07, 6.45) is 1.63. The molecule has 28 heavy (non-hydrogen) atoms. The molecule has 148 valence electrons. The molecule has 1 aliphatic heterocycles. The normalized spacial score (nSPS) is 14.6. The van der Waals surface area contributed by atoms with Crippen LogP contribution >= 0.6 is 0 Å². The number of esters is 1. The summed E-state index contributed by atoms with van der Waals surface area (Å²) < 4.78 is 5.05. The summed E-state index contributed by atoms with van der Waals surface area (Å²) in [5.41, 5.74) is 4.52. The van der Waals surface area contributed by atoms with Crippen molar-refractivity contribution in [3.8, 4) is 0 Å². The summed E-state index contributed by atoms with van der Waals surface area (Å²) in [7, 11) is 0. The third-order valence-corrected chi connectivity index (χ3v) is 5.27. The number of carbonyl (C=O) groups excluding carboxylic acids is 2. The van der Waals surface area contributed by atoms with E-state index in [0.29, 0.717) is 17.9 Å². The van der Waals surface area contributed by atoms with Crippen LogP contribution in [0.25, 0.3) is 0 Å². The first kappa shape index (κ1) is 19.9. The van der Waals surface area contributed by atoms with Crippen LogP contribution in [0, 0.1) is 19.8 Å². The van der Waals surface area contributed by atoms with Gasteiger partial charge in [-0.1, -0.05) is 23.8 Å². The fourth-order valence-electron chi connectivity index (χ4n) is 3.49. The second-order valence-electron chi connectivity index (χ2n) is 7.34. The maximum absolute atomic E-state index is 12.8. The van der Waals surface area contributed by atoms with Crippen LogP contribution in [-0.4, -0.2) is 31.6 Å². The molecular formula is C23H28N2O3. The zero-order valence-corrected chi connectivity index (χ0v) is 16.8. The lowest BCUT2D eigenvalue weighted by molar-refractivity contribution is -0.120. The van der Waals surface area contributed by atoms with Gasteiger partial charge in [0.15, 0.2) is 0 Å². The summed E-state index contributed by atoms with van der Waals surface area (Å²) in [6, 6.07) is 13.8. The molecule has 0 aromatic heterocycles. The Labute approximate surface area is 166 Å². The van der Waals surface area contributed by atoms with E-state index in [0.717, 1.165) is 31.5 Å². The number of aryl methyl sites for hydroxylation is 2. The van der Waals surface area contributed by atoms with E-state index in [1.165, 1.54) is 11.3 Å². The predicted octanol–water partition coefficient (Wildman–Crippen LogP) is 4.34. The van der Waals surface area contributed by atoms with Crippen LogP contribution in [0.15, 0.2) is 42.5 Å². The zero-order chi connectivity index (χ0) is 20.1. The molecule has 0 atom stereocenters. The van der Waals surface area contributed by atoms with E-state index in [-0.39, 0.29) is 17.8 Å². The number of anilines is 2. The Hall–Kier alpha value is -2.82. The van der Waals surface area contributed by atoms with Crippen LogP contribution in [0.5, 0.6) is 0 Å². The van der Waals surface area contributed by atoms with Crippen LogP contribution in [0.1, 0.15) is 41.3 Å². The predicted molar refractivity (Wildman–Crippen MR) is 112 cm³/mol. The van der Waals surface area contributed by atoms with Crippen molar-refractivity contribution in [2.45, 2.75) is 33.6 Å². The third kappa shape index (κ3) is 4.71. The van der Waals surface area contributed by atoms with E-state index < -0.39 is 0 Å². The molecule has 0 unspecified atom stereocenters. The number of benzene rings is 2. The lowest BCUT2D eigenvalue weighted by atomic mass is 9.95. The Bertz CT molecular complexity index is 837. The van der Waals surface area contributed by atoms with Gasteiger partial charge in [0.05, 0.1) is 12.2 Å². The number of nitrogens with one attached hydrogen (secondary N) is 1. The Morgan fingerprint density at radius 2 is 1.75 bits per heavy atom. The number of amides is 1. The zero-order valence-electron chi connectivity index (χ0n) is 16.8. The fraction of sp³-hybridized carbons (Fsp3) is 0.391. The Kier molecular flexibility index (Phi) is 6.34. The molecule has 1 N–H and O–H groups in total. The maximum atomic E-state index is 12.8. The highest BCUT2D eigenvalue weighted by Gasteiger charge is 2.25. The highest BCUT2D eigenvalue weighted by molar-refractivity contribution is 5.96. The quantitative estimate of drug-likeness (QED) is 0.784. The van der Waals surface area contributed by atoms with E-state index in [2.05, 4.69) is 41.4 Å².